The molecule has 1 saturated heterocycles. The molecule has 1 aliphatic rings. The molecule has 118 valence electrons. The zero-order chi connectivity index (χ0) is 15.3. The van der Waals surface area contributed by atoms with Gasteiger partial charge in [0.2, 0.25) is 0 Å². The Morgan fingerprint density at radius 3 is 2.86 bits per heavy atom. The van der Waals surface area contributed by atoms with Crippen molar-refractivity contribution in [1.82, 2.24) is 15.5 Å². The average Bonchev–Trinajstić information content (AvgIpc) is 3.11. The van der Waals surface area contributed by atoms with Gasteiger partial charge in [0, 0.05) is 36.5 Å². The minimum Gasteiger partial charge on any atom is -0.356 e. The van der Waals surface area contributed by atoms with Crippen molar-refractivity contribution >= 4 is 17.3 Å². The van der Waals surface area contributed by atoms with Crippen molar-refractivity contribution in [3.63, 3.8) is 0 Å². The Balaban J connectivity index is 1.80. The van der Waals surface area contributed by atoms with Crippen LogP contribution in [0.15, 0.2) is 22.5 Å². The van der Waals surface area contributed by atoms with Gasteiger partial charge in [0.1, 0.15) is 0 Å². The lowest BCUT2D eigenvalue weighted by atomic mass is 9.91. The van der Waals surface area contributed by atoms with Crippen molar-refractivity contribution in [3.8, 4) is 0 Å². The molecule has 1 unspecified atom stereocenters. The van der Waals surface area contributed by atoms with Crippen LogP contribution in [0.1, 0.15) is 31.6 Å². The number of guanidine groups is 1. The van der Waals surface area contributed by atoms with E-state index in [4.69, 9.17) is 0 Å². The number of rotatable bonds is 5. The van der Waals surface area contributed by atoms with Crippen molar-refractivity contribution in [3.05, 3.63) is 22.4 Å². The van der Waals surface area contributed by atoms with Crippen molar-refractivity contribution in [2.45, 2.75) is 38.1 Å². The van der Waals surface area contributed by atoms with Gasteiger partial charge in [-0.15, -0.1) is 11.3 Å². The van der Waals surface area contributed by atoms with E-state index in [1.165, 1.54) is 24.3 Å². The predicted molar refractivity (Wildman–Crippen MR) is 92.4 cm³/mol. The molecule has 0 amide bonds. The van der Waals surface area contributed by atoms with Crippen LogP contribution in [0.3, 0.4) is 0 Å². The molecule has 4 nitrogen and oxygen atoms in total. The van der Waals surface area contributed by atoms with E-state index in [1.54, 1.807) is 0 Å². The first kappa shape index (κ1) is 16.3. The minimum absolute atomic E-state index is 0.121. The van der Waals surface area contributed by atoms with Gasteiger partial charge < -0.3 is 15.5 Å². The van der Waals surface area contributed by atoms with E-state index < -0.39 is 0 Å². The fourth-order valence-electron chi connectivity index (χ4n) is 2.73. The summed E-state index contributed by atoms with van der Waals surface area (Å²) in [4.78, 5) is 8.17. The largest absolute Gasteiger partial charge is 0.356 e. The first-order valence-electron chi connectivity index (χ1n) is 7.71. The number of likely N-dealkylation sites (N-methyl/N-ethyl adjacent to an activating group) is 1. The van der Waals surface area contributed by atoms with Gasteiger partial charge >= 0.3 is 0 Å². The summed E-state index contributed by atoms with van der Waals surface area (Å²) in [6.45, 7) is 7.60. The third kappa shape index (κ3) is 4.45. The third-order valence-corrected chi connectivity index (χ3v) is 5.52. The monoisotopic (exact) mass is 308 g/mol. The summed E-state index contributed by atoms with van der Waals surface area (Å²) < 4.78 is 0. The Kier molecular flexibility index (Phi) is 5.65. The van der Waals surface area contributed by atoms with Crippen molar-refractivity contribution in [1.29, 1.82) is 0 Å². The quantitative estimate of drug-likeness (QED) is 0.647. The van der Waals surface area contributed by atoms with Crippen LogP contribution in [-0.2, 0) is 5.41 Å². The molecular formula is C16H28N4S. The highest BCUT2D eigenvalue weighted by Gasteiger charge is 2.23. The lowest BCUT2D eigenvalue weighted by molar-refractivity contribution is 0.309. The molecule has 1 aromatic heterocycles. The van der Waals surface area contributed by atoms with Crippen LogP contribution in [0.5, 0.6) is 0 Å². The summed E-state index contributed by atoms with van der Waals surface area (Å²) in [5.41, 5.74) is 0.121. The summed E-state index contributed by atoms with van der Waals surface area (Å²) in [5.74, 6) is 0.903. The molecule has 1 aliphatic heterocycles. The molecule has 2 heterocycles. The van der Waals surface area contributed by atoms with Gasteiger partial charge in [0.25, 0.3) is 0 Å². The van der Waals surface area contributed by atoms with Crippen LogP contribution in [0.2, 0.25) is 0 Å². The van der Waals surface area contributed by atoms with Crippen LogP contribution in [0, 0.1) is 0 Å². The van der Waals surface area contributed by atoms with E-state index in [0.717, 1.165) is 19.0 Å². The molecule has 5 heteroatoms. The summed E-state index contributed by atoms with van der Waals surface area (Å²) in [6.07, 6.45) is 2.58. The normalized spacial score (nSPS) is 20.8. The first-order valence-corrected chi connectivity index (χ1v) is 8.59. The van der Waals surface area contributed by atoms with Gasteiger partial charge in [-0.05, 0) is 37.9 Å². The Morgan fingerprint density at radius 1 is 1.48 bits per heavy atom. The van der Waals surface area contributed by atoms with Gasteiger partial charge in [-0.3, -0.25) is 4.99 Å². The summed E-state index contributed by atoms with van der Waals surface area (Å²) in [5, 5.41) is 9.06. The maximum Gasteiger partial charge on any atom is 0.191 e. The van der Waals surface area contributed by atoms with Crippen LogP contribution in [0.25, 0.3) is 0 Å². The van der Waals surface area contributed by atoms with E-state index >= 15 is 0 Å². The molecule has 0 spiro atoms. The molecule has 0 saturated carbocycles. The van der Waals surface area contributed by atoms with Gasteiger partial charge in [-0.1, -0.05) is 19.9 Å². The minimum atomic E-state index is 0.121. The number of thiophene rings is 1. The van der Waals surface area contributed by atoms with Crippen molar-refractivity contribution in [2.75, 3.05) is 33.7 Å². The Bertz CT molecular complexity index is 453. The maximum absolute atomic E-state index is 4.34. The number of likely N-dealkylation sites (tertiary alicyclic amines) is 1. The number of hydrogen-bond donors (Lipinski definition) is 2. The topological polar surface area (TPSA) is 39.7 Å². The van der Waals surface area contributed by atoms with E-state index in [2.05, 4.69) is 58.9 Å². The van der Waals surface area contributed by atoms with Gasteiger partial charge in [0.15, 0.2) is 5.96 Å². The second-order valence-electron chi connectivity index (χ2n) is 6.44. The van der Waals surface area contributed by atoms with E-state index in [0.29, 0.717) is 6.04 Å². The second-order valence-corrected chi connectivity index (χ2v) is 7.39. The molecule has 2 rings (SSSR count). The molecule has 0 radical (unpaired) electrons. The highest BCUT2D eigenvalue weighted by Crippen LogP contribution is 2.26. The highest BCUT2D eigenvalue weighted by molar-refractivity contribution is 7.10. The highest BCUT2D eigenvalue weighted by atomic mass is 32.1. The number of nitrogens with one attached hydrogen (secondary N) is 2. The van der Waals surface area contributed by atoms with Crippen LogP contribution in [-0.4, -0.2) is 50.6 Å². The molecule has 1 fully saturated rings. The Labute approximate surface area is 132 Å². The van der Waals surface area contributed by atoms with Crippen molar-refractivity contribution in [2.24, 2.45) is 4.99 Å². The van der Waals surface area contributed by atoms with Crippen LogP contribution in [0.4, 0.5) is 0 Å². The summed E-state index contributed by atoms with van der Waals surface area (Å²) >= 11 is 1.82. The smallest absolute Gasteiger partial charge is 0.191 e. The Hall–Kier alpha value is -1.07. The van der Waals surface area contributed by atoms with Crippen LogP contribution < -0.4 is 10.6 Å². The van der Waals surface area contributed by atoms with Gasteiger partial charge in [-0.2, -0.15) is 0 Å². The second kappa shape index (κ2) is 7.27. The Morgan fingerprint density at radius 2 is 2.29 bits per heavy atom. The molecule has 0 aromatic carbocycles. The zero-order valence-corrected chi connectivity index (χ0v) is 14.5. The molecule has 0 aliphatic carbocycles. The fraction of sp³-hybridized carbons (Fsp3) is 0.688. The van der Waals surface area contributed by atoms with E-state index in [-0.39, 0.29) is 5.41 Å². The molecular weight excluding hydrogens is 280 g/mol. The number of hydrogen-bond acceptors (Lipinski definition) is 3. The lowest BCUT2D eigenvalue weighted by Gasteiger charge is -2.26. The molecule has 21 heavy (non-hydrogen) atoms. The number of aliphatic imine (C=N–C) groups is 1. The fourth-order valence-corrected chi connectivity index (χ4v) is 3.58. The van der Waals surface area contributed by atoms with E-state index in [1.807, 2.05) is 18.4 Å². The molecule has 1 aromatic rings. The SMILES string of the molecule is CN=C(NCC1CCCN1C)NCC(C)(C)c1cccs1. The molecule has 0 bridgehead atoms. The maximum atomic E-state index is 4.34. The third-order valence-electron chi connectivity index (χ3n) is 4.29. The standard InChI is InChI=1S/C16H28N4S/c1-16(2,14-8-6-10-21-14)12-19-15(17-3)18-11-13-7-5-9-20(13)4/h6,8,10,13H,5,7,9,11-12H2,1-4H3,(H2,17,18,19). The summed E-state index contributed by atoms with van der Waals surface area (Å²) in [7, 11) is 4.04. The van der Waals surface area contributed by atoms with Gasteiger partial charge in [0.05, 0.1) is 0 Å². The molecule has 1 atom stereocenters. The predicted octanol–water partition coefficient (Wildman–Crippen LogP) is 2.28. The lowest BCUT2D eigenvalue weighted by Crippen LogP contribution is -2.46. The van der Waals surface area contributed by atoms with E-state index in [9.17, 15) is 0 Å². The van der Waals surface area contributed by atoms with Gasteiger partial charge in [-0.25, -0.2) is 0 Å². The average molecular weight is 308 g/mol. The zero-order valence-electron chi connectivity index (χ0n) is 13.6. The molecule has 2 N–H and O–H groups in total. The summed E-state index contributed by atoms with van der Waals surface area (Å²) in [6, 6.07) is 4.95. The van der Waals surface area contributed by atoms with Crippen LogP contribution >= 0.6 is 11.3 Å². The van der Waals surface area contributed by atoms with Crippen molar-refractivity contribution < 1.29 is 0 Å². The first-order chi connectivity index (χ1) is 10.0. The number of nitrogens with zero attached hydrogens (tertiary/aromatic N) is 2.